The van der Waals surface area contributed by atoms with Crippen LogP contribution >= 0.6 is 0 Å². The number of hydrogen-bond acceptors (Lipinski definition) is 4. The van der Waals surface area contributed by atoms with Crippen LogP contribution in [0, 0.1) is 0 Å². The Balaban J connectivity index is 1.88. The van der Waals surface area contributed by atoms with E-state index in [9.17, 15) is 4.79 Å². The van der Waals surface area contributed by atoms with Crippen LogP contribution in [0.1, 0.15) is 0 Å². The summed E-state index contributed by atoms with van der Waals surface area (Å²) in [5.41, 5.74) is 0. The molecule has 0 unspecified atom stereocenters. The van der Waals surface area contributed by atoms with Gasteiger partial charge in [-0.2, -0.15) is 0 Å². The molecule has 24 heavy (non-hydrogen) atoms. The Hall–Kier alpha value is -2.11. The van der Waals surface area contributed by atoms with Crippen molar-refractivity contribution in [2.75, 3.05) is 54.1 Å². The van der Waals surface area contributed by atoms with E-state index in [0.29, 0.717) is 32.8 Å². The first kappa shape index (κ1) is 18.2. The van der Waals surface area contributed by atoms with E-state index in [-0.39, 0.29) is 5.91 Å². The minimum atomic E-state index is 0.0804. The first-order valence-corrected chi connectivity index (χ1v) is 8.13. The second-order valence-electron chi connectivity index (χ2n) is 5.91. The van der Waals surface area contributed by atoms with Gasteiger partial charge in [-0.3, -0.25) is 9.69 Å². The molecule has 0 N–H and O–H groups in total. The molecule has 0 spiro atoms. The van der Waals surface area contributed by atoms with Crippen LogP contribution < -0.4 is 4.74 Å². The summed E-state index contributed by atoms with van der Waals surface area (Å²) >= 11 is 0. The minimum absolute atomic E-state index is 0.0804. The predicted molar refractivity (Wildman–Crippen MR) is 96.5 cm³/mol. The molecule has 0 saturated heterocycles. The number of rotatable bonds is 9. The van der Waals surface area contributed by atoms with E-state index in [2.05, 4.69) is 18.2 Å². The molecule has 0 fully saturated rings. The standard InChI is InChI=1S/C19H26N2O3/c1-20(2)19(22)15-21(10-12-23-3)11-13-24-18-9-8-16-6-4-5-7-17(16)14-18/h4-9,14H,10-13,15H2,1-3H3. The topological polar surface area (TPSA) is 42.0 Å². The van der Waals surface area contributed by atoms with Gasteiger partial charge in [0.2, 0.25) is 5.91 Å². The third-order valence-electron chi connectivity index (χ3n) is 3.87. The van der Waals surface area contributed by atoms with E-state index in [1.807, 2.05) is 29.2 Å². The number of likely N-dealkylation sites (N-methyl/N-ethyl adjacent to an activating group) is 1. The molecule has 0 saturated carbocycles. The highest BCUT2D eigenvalue weighted by Crippen LogP contribution is 2.20. The van der Waals surface area contributed by atoms with Crippen LogP contribution in [-0.4, -0.2) is 69.8 Å². The number of fused-ring (bicyclic) bond motifs is 1. The van der Waals surface area contributed by atoms with Gasteiger partial charge in [-0.1, -0.05) is 30.3 Å². The Morgan fingerprint density at radius 1 is 1.00 bits per heavy atom. The molecule has 0 aliphatic heterocycles. The zero-order valence-corrected chi connectivity index (χ0v) is 14.7. The third kappa shape index (κ3) is 5.51. The van der Waals surface area contributed by atoms with Crippen molar-refractivity contribution < 1.29 is 14.3 Å². The number of ether oxygens (including phenoxy) is 2. The Morgan fingerprint density at radius 2 is 1.71 bits per heavy atom. The predicted octanol–water partition coefficient (Wildman–Crippen LogP) is 2.26. The fraction of sp³-hybridized carbons (Fsp3) is 0.421. The summed E-state index contributed by atoms with van der Waals surface area (Å²) in [7, 11) is 5.20. The van der Waals surface area contributed by atoms with Crippen LogP contribution in [-0.2, 0) is 9.53 Å². The van der Waals surface area contributed by atoms with Crippen molar-refractivity contribution in [3.63, 3.8) is 0 Å². The average Bonchev–Trinajstić information content (AvgIpc) is 2.59. The molecule has 0 bridgehead atoms. The van der Waals surface area contributed by atoms with E-state index in [1.165, 1.54) is 5.39 Å². The molecule has 5 nitrogen and oxygen atoms in total. The monoisotopic (exact) mass is 330 g/mol. The number of benzene rings is 2. The zero-order valence-electron chi connectivity index (χ0n) is 14.7. The van der Waals surface area contributed by atoms with Crippen LogP contribution in [0.3, 0.4) is 0 Å². The van der Waals surface area contributed by atoms with E-state index in [0.717, 1.165) is 11.1 Å². The van der Waals surface area contributed by atoms with Gasteiger partial charge in [0, 0.05) is 34.3 Å². The van der Waals surface area contributed by atoms with E-state index < -0.39 is 0 Å². The molecule has 0 heterocycles. The molecule has 0 aliphatic carbocycles. The fourth-order valence-corrected chi connectivity index (χ4v) is 2.37. The molecule has 2 aromatic rings. The molecule has 130 valence electrons. The van der Waals surface area contributed by atoms with Crippen molar-refractivity contribution in [3.05, 3.63) is 42.5 Å². The molecular formula is C19H26N2O3. The highest BCUT2D eigenvalue weighted by molar-refractivity contribution is 5.83. The van der Waals surface area contributed by atoms with Gasteiger partial charge in [0.05, 0.1) is 13.2 Å². The quantitative estimate of drug-likeness (QED) is 0.707. The summed E-state index contributed by atoms with van der Waals surface area (Å²) in [6.07, 6.45) is 0. The van der Waals surface area contributed by atoms with E-state index in [1.54, 1.807) is 26.1 Å². The Bertz CT molecular complexity index is 658. The zero-order chi connectivity index (χ0) is 17.4. The lowest BCUT2D eigenvalue weighted by atomic mass is 10.1. The SMILES string of the molecule is COCCN(CCOc1ccc2ccccc2c1)CC(=O)N(C)C. The maximum atomic E-state index is 11.9. The fourth-order valence-electron chi connectivity index (χ4n) is 2.37. The van der Waals surface area contributed by atoms with Gasteiger partial charge in [0.15, 0.2) is 0 Å². The number of amides is 1. The lowest BCUT2D eigenvalue weighted by molar-refractivity contribution is -0.130. The van der Waals surface area contributed by atoms with Crippen molar-refractivity contribution in [3.8, 4) is 5.75 Å². The van der Waals surface area contributed by atoms with Crippen LogP contribution in [0.5, 0.6) is 5.75 Å². The summed E-state index contributed by atoms with van der Waals surface area (Å²) in [5.74, 6) is 0.927. The Labute approximate surface area is 143 Å². The molecule has 1 amide bonds. The summed E-state index contributed by atoms with van der Waals surface area (Å²) in [6.45, 7) is 2.88. The van der Waals surface area contributed by atoms with Gasteiger partial charge in [-0.05, 0) is 22.9 Å². The molecule has 5 heteroatoms. The van der Waals surface area contributed by atoms with Gasteiger partial charge >= 0.3 is 0 Å². The summed E-state index contributed by atoms with van der Waals surface area (Å²) in [5, 5.41) is 2.36. The van der Waals surface area contributed by atoms with E-state index in [4.69, 9.17) is 9.47 Å². The number of carbonyl (C=O) groups is 1. The molecular weight excluding hydrogens is 304 g/mol. The van der Waals surface area contributed by atoms with Gasteiger partial charge in [0.25, 0.3) is 0 Å². The largest absolute Gasteiger partial charge is 0.492 e. The maximum absolute atomic E-state index is 11.9. The highest BCUT2D eigenvalue weighted by atomic mass is 16.5. The number of methoxy groups -OCH3 is 1. The van der Waals surface area contributed by atoms with Crippen molar-refractivity contribution in [2.24, 2.45) is 0 Å². The van der Waals surface area contributed by atoms with Crippen LogP contribution in [0.4, 0.5) is 0 Å². The summed E-state index contributed by atoms with van der Waals surface area (Å²) in [6, 6.07) is 14.3. The Morgan fingerprint density at radius 3 is 2.42 bits per heavy atom. The van der Waals surface area contributed by atoms with Crippen LogP contribution in [0.2, 0.25) is 0 Å². The Kier molecular flexibility index (Phi) is 7.03. The minimum Gasteiger partial charge on any atom is -0.492 e. The maximum Gasteiger partial charge on any atom is 0.236 e. The summed E-state index contributed by atoms with van der Waals surface area (Å²) < 4.78 is 11.0. The number of nitrogens with zero attached hydrogens (tertiary/aromatic N) is 2. The second kappa shape index (κ2) is 9.25. The first-order valence-electron chi connectivity index (χ1n) is 8.13. The van der Waals surface area contributed by atoms with Crippen molar-refractivity contribution in [1.29, 1.82) is 0 Å². The molecule has 0 aromatic heterocycles. The van der Waals surface area contributed by atoms with Crippen molar-refractivity contribution in [2.45, 2.75) is 0 Å². The molecule has 0 radical (unpaired) electrons. The lowest BCUT2D eigenvalue weighted by Gasteiger charge is -2.23. The lowest BCUT2D eigenvalue weighted by Crippen LogP contribution is -2.40. The summed E-state index contributed by atoms with van der Waals surface area (Å²) in [4.78, 5) is 15.5. The average molecular weight is 330 g/mol. The third-order valence-corrected chi connectivity index (χ3v) is 3.87. The van der Waals surface area contributed by atoms with Gasteiger partial charge in [-0.15, -0.1) is 0 Å². The first-order chi connectivity index (χ1) is 11.6. The van der Waals surface area contributed by atoms with E-state index >= 15 is 0 Å². The number of hydrogen-bond donors (Lipinski definition) is 0. The number of carbonyl (C=O) groups excluding carboxylic acids is 1. The normalized spacial score (nSPS) is 11.0. The van der Waals surface area contributed by atoms with Crippen LogP contribution in [0.25, 0.3) is 10.8 Å². The smallest absolute Gasteiger partial charge is 0.236 e. The highest BCUT2D eigenvalue weighted by Gasteiger charge is 2.12. The van der Waals surface area contributed by atoms with Gasteiger partial charge in [0.1, 0.15) is 12.4 Å². The van der Waals surface area contributed by atoms with Gasteiger partial charge in [-0.25, -0.2) is 0 Å². The van der Waals surface area contributed by atoms with Crippen molar-refractivity contribution in [1.82, 2.24) is 9.80 Å². The van der Waals surface area contributed by atoms with Crippen molar-refractivity contribution >= 4 is 16.7 Å². The second-order valence-corrected chi connectivity index (χ2v) is 5.91. The molecule has 2 rings (SSSR count). The molecule has 0 aliphatic rings. The molecule has 0 atom stereocenters. The van der Waals surface area contributed by atoms with Gasteiger partial charge < -0.3 is 14.4 Å². The molecule has 2 aromatic carbocycles. The van der Waals surface area contributed by atoms with Crippen LogP contribution in [0.15, 0.2) is 42.5 Å².